The zero-order chi connectivity index (χ0) is 23.9. The van der Waals surface area contributed by atoms with E-state index in [1.807, 2.05) is 56.3 Å². The standard InChI is InChI=1S/C26H35BrN2O3/c1-7-14-28-25(31)19(3)29(16-20-11-9-8-10-18(20)2)24(30)17-32-23-13-12-21(15-22(23)27)26(4,5)6/h8-13,15,19H,7,14,16-17H2,1-6H3,(H,28,31). The summed E-state index contributed by atoms with van der Waals surface area (Å²) in [4.78, 5) is 27.4. The molecule has 1 unspecified atom stereocenters. The number of hydrogen-bond acceptors (Lipinski definition) is 3. The molecule has 0 bridgehead atoms. The van der Waals surface area contributed by atoms with Crippen molar-refractivity contribution >= 4 is 27.7 Å². The molecule has 2 amide bonds. The molecule has 32 heavy (non-hydrogen) atoms. The van der Waals surface area contributed by atoms with E-state index < -0.39 is 6.04 Å². The lowest BCUT2D eigenvalue weighted by Crippen LogP contribution is -2.49. The monoisotopic (exact) mass is 502 g/mol. The molecule has 0 fully saturated rings. The maximum atomic E-state index is 13.2. The summed E-state index contributed by atoms with van der Waals surface area (Å²) >= 11 is 3.56. The highest BCUT2D eigenvalue weighted by Gasteiger charge is 2.27. The van der Waals surface area contributed by atoms with Crippen LogP contribution in [0, 0.1) is 6.92 Å². The number of nitrogens with zero attached hydrogens (tertiary/aromatic N) is 1. The number of benzene rings is 2. The van der Waals surface area contributed by atoms with Gasteiger partial charge in [-0.25, -0.2) is 0 Å². The van der Waals surface area contributed by atoms with Gasteiger partial charge in [0.2, 0.25) is 5.91 Å². The van der Waals surface area contributed by atoms with E-state index in [0.29, 0.717) is 18.8 Å². The first-order chi connectivity index (χ1) is 15.0. The predicted octanol–water partition coefficient (Wildman–Crippen LogP) is 5.38. The lowest BCUT2D eigenvalue weighted by molar-refractivity contribution is -0.142. The minimum absolute atomic E-state index is 0.0164. The normalized spacial score (nSPS) is 12.2. The molecule has 0 saturated heterocycles. The lowest BCUT2D eigenvalue weighted by atomic mass is 9.87. The molecule has 0 aliphatic rings. The molecule has 0 radical (unpaired) electrons. The summed E-state index contributed by atoms with van der Waals surface area (Å²) in [7, 11) is 0. The Kier molecular flexibility index (Phi) is 9.32. The number of carbonyl (C=O) groups excluding carboxylic acids is 2. The zero-order valence-corrected chi connectivity index (χ0v) is 21.6. The average Bonchev–Trinajstić information content (AvgIpc) is 2.74. The van der Waals surface area contributed by atoms with Gasteiger partial charge in [0.05, 0.1) is 4.47 Å². The highest BCUT2D eigenvalue weighted by atomic mass is 79.9. The number of rotatable bonds is 9. The van der Waals surface area contributed by atoms with Crippen molar-refractivity contribution in [2.75, 3.05) is 13.2 Å². The highest BCUT2D eigenvalue weighted by molar-refractivity contribution is 9.10. The first-order valence-electron chi connectivity index (χ1n) is 11.1. The van der Waals surface area contributed by atoms with Crippen LogP contribution in [0.1, 0.15) is 57.7 Å². The van der Waals surface area contributed by atoms with Crippen LogP contribution >= 0.6 is 15.9 Å². The van der Waals surface area contributed by atoms with Crippen molar-refractivity contribution in [3.05, 3.63) is 63.6 Å². The number of halogens is 1. The third-order valence-corrected chi connectivity index (χ3v) is 6.09. The Labute approximate surface area is 200 Å². The second-order valence-corrected chi connectivity index (χ2v) is 9.95. The molecule has 0 heterocycles. The molecule has 1 N–H and O–H groups in total. The average molecular weight is 503 g/mol. The quantitative estimate of drug-likeness (QED) is 0.500. The van der Waals surface area contributed by atoms with Gasteiger partial charge in [0.15, 0.2) is 6.61 Å². The second kappa shape index (κ2) is 11.5. The third kappa shape index (κ3) is 7.09. The summed E-state index contributed by atoms with van der Waals surface area (Å²) in [6, 6.07) is 13.2. The molecule has 0 aromatic heterocycles. The molecule has 174 valence electrons. The predicted molar refractivity (Wildman–Crippen MR) is 133 cm³/mol. The maximum absolute atomic E-state index is 13.2. The second-order valence-electron chi connectivity index (χ2n) is 9.10. The maximum Gasteiger partial charge on any atom is 0.261 e. The number of aryl methyl sites for hydroxylation is 1. The lowest BCUT2D eigenvalue weighted by Gasteiger charge is -2.29. The van der Waals surface area contributed by atoms with Crippen LogP contribution in [0.5, 0.6) is 5.75 Å². The van der Waals surface area contributed by atoms with E-state index in [1.54, 1.807) is 11.8 Å². The van der Waals surface area contributed by atoms with Gasteiger partial charge in [0.25, 0.3) is 5.91 Å². The van der Waals surface area contributed by atoms with Crippen molar-refractivity contribution in [1.82, 2.24) is 10.2 Å². The Bertz CT molecular complexity index is 937. The van der Waals surface area contributed by atoms with Crippen molar-refractivity contribution in [2.24, 2.45) is 0 Å². The Morgan fingerprint density at radius 3 is 2.44 bits per heavy atom. The van der Waals surface area contributed by atoms with Gasteiger partial charge in [-0.3, -0.25) is 9.59 Å². The number of ether oxygens (including phenoxy) is 1. The Morgan fingerprint density at radius 2 is 1.84 bits per heavy atom. The minimum Gasteiger partial charge on any atom is -0.483 e. The van der Waals surface area contributed by atoms with E-state index in [0.717, 1.165) is 22.0 Å². The third-order valence-electron chi connectivity index (χ3n) is 5.47. The largest absolute Gasteiger partial charge is 0.483 e. The summed E-state index contributed by atoms with van der Waals surface area (Å²) in [6.45, 7) is 13.0. The molecule has 2 aromatic carbocycles. The number of amides is 2. The molecular weight excluding hydrogens is 468 g/mol. The number of nitrogens with one attached hydrogen (secondary N) is 1. The van der Waals surface area contributed by atoms with E-state index in [2.05, 4.69) is 42.0 Å². The molecule has 0 spiro atoms. The topological polar surface area (TPSA) is 58.6 Å². The van der Waals surface area contributed by atoms with Crippen molar-refractivity contribution in [3.8, 4) is 5.75 Å². The van der Waals surface area contributed by atoms with Gasteiger partial charge >= 0.3 is 0 Å². The fourth-order valence-electron chi connectivity index (χ4n) is 3.26. The fourth-order valence-corrected chi connectivity index (χ4v) is 3.75. The van der Waals surface area contributed by atoms with Crippen LogP contribution in [0.2, 0.25) is 0 Å². The zero-order valence-electron chi connectivity index (χ0n) is 20.0. The summed E-state index contributed by atoms with van der Waals surface area (Å²) < 4.78 is 6.66. The van der Waals surface area contributed by atoms with Gasteiger partial charge < -0.3 is 15.0 Å². The molecule has 0 aliphatic heterocycles. The molecule has 0 saturated carbocycles. The van der Waals surface area contributed by atoms with Crippen LogP contribution in [0.25, 0.3) is 0 Å². The van der Waals surface area contributed by atoms with Crippen LogP contribution in [0.4, 0.5) is 0 Å². The van der Waals surface area contributed by atoms with Crippen LogP contribution < -0.4 is 10.1 Å². The van der Waals surface area contributed by atoms with E-state index in [-0.39, 0.29) is 23.8 Å². The highest BCUT2D eigenvalue weighted by Crippen LogP contribution is 2.31. The van der Waals surface area contributed by atoms with Crippen LogP contribution in [0.15, 0.2) is 46.9 Å². The van der Waals surface area contributed by atoms with Gasteiger partial charge in [-0.1, -0.05) is 58.0 Å². The van der Waals surface area contributed by atoms with E-state index in [9.17, 15) is 9.59 Å². The summed E-state index contributed by atoms with van der Waals surface area (Å²) in [5.74, 6) is 0.203. The van der Waals surface area contributed by atoms with Crippen molar-refractivity contribution in [1.29, 1.82) is 0 Å². The van der Waals surface area contributed by atoms with Crippen LogP contribution in [-0.2, 0) is 21.5 Å². The van der Waals surface area contributed by atoms with Crippen molar-refractivity contribution in [3.63, 3.8) is 0 Å². The molecule has 2 aromatic rings. The summed E-state index contributed by atoms with van der Waals surface area (Å²) in [6.07, 6.45) is 0.839. The van der Waals surface area contributed by atoms with E-state index in [4.69, 9.17) is 4.74 Å². The minimum atomic E-state index is -0.607. The van der Waals surface area contributed by atoms with Crippen molar-refractivity contribution in [2.45, 2.75) is 66.0 Å². The molecule has 5 nitrogen and oxygen atoms in total. The van der Waals surface area contributed by atoms with Gasteiger partial charge in [-0.15, -0.1) is 0 Å². The Hall–Kier alpha value is -2.34. The number of carbonyl (C=O) groups is 2. The first-order valence-corrected chi connectivity index (χ1v) is 11.9. The van der Waals surface area contributed by atoms with E-state index >= 15 is 0 Å². The molecule has 2 rings (SSSR count). The van der Waals surface area contributed by atoms with Crippen molar-refractivity contribution < 1.29 is 14.3 Å². The molecule has 0 aliphatic carbocycles. The van der Waals surface area contributed by atoms with E-state index in [1.165, 1.54) is 5.56 Å². The molecule has 1 atom stereocenters. The SMILES string of the molecule is CCCNC(=O)C(C)N(Cc1ccccc1C)C(=O)COc1ccc(C(C)(C)C)cc1Br. The fraction of sp³-hybridized carbons (Fsp3) is 0.462. The first kappa shape index (κ1) is 25.9. The summed E-state index contributed by atoms with van der Waals surface area (Å²) in [5.41, 5.74) is 3.27. The summed E-state index contributed by atoms with van der Waals surface area (Å²) in [5, 5.41) is 2.89. The van der Waals surface area contributed by atoms with Gasteiger partial charge in [-0.05, 0) is 70.4 Å². The van der Waals surface area contributed by atoms with Gasteiger partial charge in [0.1, 0.15) is 11.8 Å². The van der Waals surface area contributed by atoms with Gasteiger partial charge in [-0.2, -0.15) is 0 Å². The Balaban J connectivity index is 2.18. The molecule has 6 heteroatoms. The van der Waals surface area contributed by atoms with Crippen LogP contribution in [-0.4, -0.2) is 35.9 Å². The Morgan fingerprint density at radius 1 is 1.16 bits per heavy atom. The number of hydrogen-bond donors (Lipinski definition) is 1. The smallest absolute Gasteiger partial charge is 0.261 e. The van der Waals surface area contributed by atoms with Crippen LogP contribution in [0.3, 0.4) is 0 Å². The van der Waals surface area contributed by atoms with Gasteiger partial charge in [0, 0.05) is 13.1 Å². The molecular formula is C26H35BrN2O3.